The van der Waals surface area contributed by atoms with E-state index in [-0.39, 0.29) is 6.42 Å². The van der Waals surface area contributed by atoms with Crippen LogP contribution in [0.1, 0.15) is 19.8 Å². The topological polar surface area (TPSA) is 54.4 Å². The van der Waals surface area contributed by atoms with Crippen molar-refractivity contribution in [2.75, 3.05) is 0 Å². The van der Waals surface area contributed by atoms with Crippen molar-refractivity contribution >= 4 is 11.6 Å². The molecule has 1 aliphatic carbocycles. The van der Waals surface area contributed by atoms with Gasteiger partial charge in [0, 0.05) is 6.42 Å². The first-order valence-corrected chi connectivity index (χ1v) is 3.52. The standard InChI is InChI=1S/C8H10O3/c1-6(9)8(11)5-3-2-4-7(8)10/h3,5,11H,2,4H2,1H3. The summed E-state index contributed by atoms with van der Waals surface area (Å²) in [6, 6.07) is 0. The van der Waals surface area contributed by atoms with E-state index in [4.69, 9.17) is 0 Å². The fourth-order valence-corrected chi connectivity index (χ4v) is 1.07. The average Bonchev–Trinajstić information content (AvgIpc) is 1.95. The van der Waals surface area contributed by atoms with Gasteiger partial charge in [-0.2, -0.15) is 0 Å². The number of ketones is 2. The van der Waals surface area contributed by atoms with E-state index in [0.29, 0.717) is 6.42 Å². The van der Waals surface area contributed by atoms with Crippen LogP contribution in [0, 0.1) is 0 Å². The normalized spacial score (nSPS) is 30.5. The SMILES string of the molecule is CC(=O)C1(O)C=CCCC1=O. The minimum Gasteiger partial charge on any atom is -0.371 e. The lowest BCUT2D eigenvalue weighted by molar-refractivity contribution is -0.145. The second-order valence-electron chi connectivity index (χ2n) is 2.69. The van der Waals surface area contributed by atoms with Gasteiger partial charge < -0.3 is 5.11 Å². The first-order valence-electron chi connectivity index (χ1n) is 3.52. The van der Waals surface area contributed by atoms with Crippen molar-refractivity contribution in [2.45, 2.75) is 25.4 Å². The highest BCUT2D eigenvalue weighted by Crippen LogP contribution is 2.18. The van der Waals surface area contributed by atoms with Crippen molar-refractivity contribution in [3.8, 4) is 0 Å². The molecule has 0 amide bonds. The van der Waals surface area contributed by atoms with Gasteiger partial charge in [-0.15, -0.1) is 0 Å². The molecule has 0 aromatic rings. The highest BCUT2D eigenvalue weighted by atomic mass is 16.3. The molecule has 11 heavy (non-hydrogen) atoms. The molecular weight excluding hydrogens is 144 g/mol. The summed E-state index contributed by atoms with van der Waals surface area (Å²) in [7, 11) is 0. The molecule has 0 spiro atoms. The number of hydrogen-bond donors (Lipinski definition) is 1. The van der Waals surface area contributed by atoms with Crippen LogP contribution in [0.3, 0.4) is 0 Å². The Labute approximate surface area is 64.7 Å². The fourth-order valence-electron chi connectivity index (χ4n) is 1.07. The van der Waals surface area contributed by atoms with Gasteiger partial charge in [-0.25, -0.2) is 0 Å². The maximum atomic E-state index is 11.0. The van der Waals surface area contributed by atoms with Crippen molar-refractivity contribution in [1.82, 2.24) is 0 Å². The summed E-state index contributed by atoms with van der Waals surface area (Å²) in [6.07, 6.45) is 3.81. The molecule has 0 fully saturated rings. The van der Waals surface area contributed by atoms with Gasteiger partial charge in [0.2, 0.25) is 0 Å². The zero-order chi connectivity index (χ0) is 8.48. The second-order valence-corrected chi connectivity index (χ2v) is 2.69. The quantitative estimate of drug-likeness (QED) is 0.434. The average molecular weight is 154 g/mol. The van der Waals surface area contributed by atoms with E-state index in [9.17, 15) is 14.7 Å². The molecular formula is C8H10O3. The third kappa shape index (κ3) is 1.24. The van der Waals surface area contributed by atoms with Crippen LogP contribution in [0.25, 0.3) is 0 Å². The Balaban J connectivity index is 2.98. The lowest BCUT2D eigenvalue weighted by atomic mass is 9.87. The maximum absolute atomic E-state index is 11.0. The van der Waals surface area contributed by atoms with Crippen LogP contribution in [0.2, 0.25) is 0 Å². The molecule has 1 unspecified atom stereocenters. The van der Waals surface area contributed by atoms with Crippen LogP contribution in [0.4, 0.5) is 0 Å². The highest BCUT2D eigenvalue weighted by Gasteiger charge is 2.38. The number of hydrogen-bond acceptors (Lipinski definition) is 3. The Hall–Kier alpha value is -0.960. The van der Waals surface area contributed by atoms with E-state index in [2.05, 4.69) is 0 Å². The van der Waals surface area contributed by atoms with Crippen molar-refractivity contribution in [3.63, 3.8) is 0 Å². The molecule has 3 heteroatoms. The van der Waals surface area contributed by atoms with Gasteiger partial charge >= 0.3 is 0 Å². The molecule has 1 rings (SSSR count). The van der Waals surface area contributed by atoms with Crippen LogP contribution in [-0.2, 0) is 9.59 Å². The summed E-state index contributed by atoms with van der Waals surface area (Å²) < 4.78 is 0. The Bertz CT molecular complexity index is 229. The van der Waals surface area contributed by atoms with Crippen molar-refractivity contribution in [2.24, 2.45) is 0 Å². The molecule has 1 N–H and O–H groups in total. The van der Waals surface area contributed by atoms with Gasteiger partial charge in [-0.1, -0.05) is 6.08 Å². The van der Waals surface area contributed by atoms with E-state index in [1.54, 1.807) is 6.08 Å². The summed E-state index contributed by atoms with van der Waals surface area (Å²) >= 11 is 0. The second kappa shape index (κ2) is 2.58. The number of aliphatic hydroxyl groups is 1. The smallest absolute Gasteiger partial charge is 0.199 e. The Kier molecular flexibility index (Phi) is 1.91. The largest absolute Gasteiger partial charge is 0.371 e. The van der Waals surface area contributed by atoms with Crippen LogP contribution >= 0.6 is 0 Å². The number of allylic oxidation sites excluding steroid dienone is 1. The number of rotatable bonds is 1. The third-order valence-electron chi connectivity index (χ3n) is 1.86. The molecule has 3 nitrogen and oxygen atoms in total. The molecule has 0 aliphatic heterocycles. The van der Waals surface area contributed by atoms with Crippen molar-refractivity contribution in [3.05, 3.63) is 12.2 Å². The molecule has 60 valence electrons. The van der Waals surface area contributed by atoms with Gasteiger partial charge in [-0.3, -0.25) is 9.59 Å². The molecule has 0 saturated carbocycles. The van der Waals surface area contributed by atoms with Crippen LogP contribution in [0.5, 0.6) is 0 Å². The third-order valence-corrected chi connectivity index (χ3v) is 1.86. The van der Waals surface area contributed by atoms with E-state index in [0.717, 1.165) is 0 Å². The number of carbonyl (C=O) groups excluding carboxylic acids is 2. The van der Waals surface area contributed by atoms with Crippen LogP contribution in [-0.4, -0.2) is 22.3 Å². The van der Waals surface area contributed by atoms with Gasteiger partial charge in [0.1, 0.15) is 0 Å². The lowest BCUT2D eigenvalue weighted by Crippen LogP contribution is -2.44. The minimum atomic E-state index is -1.82. The summed E-state index contributed by atoms with van der Waals surface area (Å²) in [5, 5.41) is 9.43. The van der Waals surface area contributed by atoms with E-state index < -0.39 is 17.2 Å². The van der Waals surface area contributed by atoms with Crippen molar-refractivity contribution in [1.29, 1.82) is 0 Å². The molecule has 0 aromatic carbocycles. The van der Waals surface area contributed by atoms with Crippen LogP contribution < -0.4 is 0 Å². The van der Waals surface area contributed by atoms with Crippen molar-refractivity contribution < 1.29 is 14.7 Å². The fraction of sp³-hybridized carbons (Fsp3) is 0.500. The summed E-state index contributed by atoms with van der Waals surface area (Å²) in [4.78, 5) is 21.8. The summed E-state index contributed by atoms with van der Waals surface area (Å²) in [6.45, 7) is 1.22. The molecule has 1 atom stereocenters. The predicted octanol–water partition coefficient (Wildman–Crippen LogP) is 0.226. The monoisotopic (exact) mass is 154 g/mol. The van der Waals surface area contributed by atoms with Crippen LogP contribution in [0.15, 0.2) is 12.2 Å². The highest BCUT2D eigenvalue weighted by molar-refractivity contribution is 6.11. The zero-order valence-corrected chi connectivity index (χ0v) is 6.33. The Morgan fingerprint density at radius 1 is 1.73 bits per heavy atom. The number of Topliss-reactive ketones (excluding diaryl/α,β-unsaturated/α-hetero) is 2. The first-order chi connectivity index (χ1) is 5.07. The minimum absolute atomic E-state index is 0.257. The molecule has 0 heterocycles. The van der Waals surface area contributed by atoms with E-state index >= 15 is 0 Å². The molecule has 0 aromatic heterocycles. The van der Waals surface area contributed by atoms with E-state index in [1.165, 1.54) is 13.0 Å². The van der Waals surface area contributed by atoms with Gasteiger partial charge in [0.15, 0.2) is 17.2 Å². The maximum Gasteiger partial charge on any atom is 0.199 e. The van der Waals surface area contributed by atoms with Gasteiger partial charge in [-0.05, 0) is 19.4 Å². The predicted molar refractivity (Wildman–Crippen MR) is 39.0 cm³/mol. The molecule has 0 bridgehead atoms. The Morgan fingerprint density at radius 3 is 2.73 bits per heavy atom. The summed E-state index contributed by atoms with van der Waals surface area (Å²) in [5.41, 5.74) is -1.82. The Morgan fingerprint density at radius 2 is 2.36 bits per heavy atom. The molecule has 0 radical (unpaired) electrons. The van der Waals surface area contributed by atoms with Gasteiger partial charge in [0.25, 0.3) is 0 Å². The zero-order valence-electron chi connectivity index (χ0n) is 6.33. The number of carbonyl (C=O) groups is 2. The molecule has 1 aliphatic rings. The first kappa shape index (κ1) is 8.14. The summed E-state index contributed by atoms with van der Waals surface area (Å²) in [5.74, 6) is -0.897. The molecule has 0 saturated heterocycles. The van der Waals surface area contributed by atoms with E-state index in [1.807, 2.05) is 0 Å². The lowest BCUT2D eigenvalue weighted by Gasteiger charge is -2.22. The van der Waals surface area contributed by atoms with Gasteiger partial charge in [0.05, 0.1) is 0 Å².